The third-order valence-corrected chi connectivity index (χ3v) is 6.79. The number of carbonyl (C=O) groups excluding carboxylic acids is 1. The van der Waals surface area contributed by atoms with Crippen LogP contribution in [0, 0.1) is 0 Å². The zero-order valence-corrected chi connectivity index (χ0v) is 21.9. The summed E-state index contributed by atoms with van der Waals surface area (Å²) in [5.41, 5.74) is 3.91. The summed E-state index contributed by atoms with van der Waals surface area (Å²) in [5, 5.41) is 38.5. The maximum absolute atomic E-state index is 12.7. The van der Waals surface area contributed by atoms with Crippen LogP contribution in [0.25, 0.3) is 10.8 Å². The smallest absolute Gasteiger partial charge is 0.224 e. The molecular weight excluding hydrogens is 476 g/mol. The van der Waals surface area contributed by atoms with Crippen LogP contribution in [0.1, 0.15) is 47.8 Å². The highest BCUT2D eigenvalue weighted by atomic mass is 16.3. The lowest BCUT2D eigenvalue weighted by molar-refractivity contribution is -0.120. The van der Waals surface area contributed by atoms with Crippen molar-refractivity contribution in [1.29, 1.82) is 0 Å². The molecule has 4 aromatic carbocycles. The van der Waals surface area contributed by atoms with Gasteiger partial charge in [-0.05, 0) is 65.4 Å². The Bertz CT molecular complexity index is 1390. The normalized spacial score (nSPS) is 12.4. The molecular formula is C32H36N2O4. The Hall–Kier alpha value is -3.71. The van der Waals surface area contributed by atoms with E-state index in [-0.39, 0.29) is 23.8 Å². The molecule has 5 N–H and O–H groups in total. The van der Waals surface area contributed by atoms with E-state index in [1.54, 1.807) is 12.1 Å². The van der Waals surface area contributed by atoms with Crippen molar-refractivity contribution in [1.82, 2.24) is 10.6 Å². The van der Waals surface area contributed by atoms with Gasteiger partial charge >= 0.3 is 0 Å². The average molecular weight is 513 g/mol. The number of hydrogen-bond acceptors (Lipinski definition) is 5. The van der Waals surface area contributed by atoms with Gasteiger partial charge in [0.15, 0.2) is 0 Å². The molecule has 0 aliphatic rings. The summed E-state index contributed by atoms with van der Waals surface area (Å²) in [5.74, 6) is 0.00250. The number of benzene rings is 4. The number of β-amino-alcohol motifs (C(OH)–C–C–N with tert-alkyl or cyclic N) is 1. The lowest BCUT2D eigenvalue weighted by Crippen LogP contribution is -2.43. The van der Waals surface area contributed by atoms with Gasteiger partial charge in [0.2, 0.25) is 5.91 Å². The lowest BCUT2D eigenvalue weighted by Gasteiger charge is -2.28. The van der Waals surface area contributed by atoms with Crippen LogP contribution in [-0.4, -0.2) is 33.3 Å². The molecule has 0 saturated heterocycles. The SMILES string of the molecule is CC(C)(Cc1cccc(CNC(=O)Cc2cccc3ccccc23)c1)NC[C@@H](O)c1ccc(O)c(CO)c1. The maximum atomic E-state index is 12.7. The minimum Gasteiger partial charge on any atom is -0.508 e. The molecule has 0 saturated carbocycles. The van der Waals surface area contributed by atoms with Crippen LogP contribution in [0.4, 0.5) is 0 Å². The number of phenols is 1. The molecule has 0 radical (unpaired) electrons. The van der Waals surface area contributed by atoms with Crippen LogP contribution in [0.15, 0.2) is 84.9 Å². The summed E-state index contributed by atoms with van der Waals surface area (Å²) in [4.78, 5) is 12.7. The molecule has 6 heteroatoms. The van der Waals surface area contributed by atoms with Crippen LogP contribution >= 0.6 is 0 Å². The average Bonchev–Trinajstić information content (AvgIpc) is 2.91. The molecule has 198 valence electrons. The van der Waals surface area contributed by atoms with E-state index < -0.39 is 6.10 Å². The molecule has 1 atom stereocenters. The topological polar surface area (TPSA) is 102 Å². The Labute approximate surface area is 224 Å². The van der Waals surface area contributed by atoms with Crippen molar-refractivity contribution in [2.24, 2.45) is 0 Å². The molecule has 0 spiro atoms. The second-order valence-electron chi connectivity index (χ2n) is 10.4. The Morgan fingerprint density at radius 1 is 0.895 bits per heavy atom. The first kappa shape index (κ1) is 27.3. The van der Waals surface area contributed by atoms with E-state index in [9.17, 15) is 20.1 Å². The molecule has 0 aromatic heterocycles. The number of hydrogen-bond donors (Lipinski definition) is 5. The van der Waals surface area contributed by atoms with Crippen molar-refractivity contribution >= 4 is 16.7 Å². The van der Waals surface area contributed by atoms with Gasteiger partial charge in [-0.15, -0.1) is 0 Å². The van der Waals surface area contributed by atoms with Crippen LogP contribution in [0.3, 0.4) is 0 Å². The second kappa shape index (κ2) is 12.2. The van der Waals surface area contributed by atoms with E-state index >= 15 is 0 Å². The van der Waals surface area contributed by atoms with Gasteiger partial charge in [0.25, 0.3) is 0 Å². The number of aliphatic hydroxyl groups excluding tert-OH is 2. The van der Waals surface area contributed by atoms with Crippen molar-refractivity contribution in [3.05, 3.63) is 113 Å². The second-order valence-corrected chi connectivity index (χ2v) is 10.4. The molecule has 0 bridgehead atoms. The molecule has 0 aliphatic carbocycles. The number of fused-ring (bicyclic) bond motifs is 1. The quantitative estimate of drug-likeness (QED) is 0.203. The van der Waals surface area contributed by atoms with Gasteiger partial charge in [0.05, 0.1) is 19.1 Å². The van der Waals surface area contributed by atoms with Crippen molar-refractivity contribution in [3.63, 3.8) is 0 Å². The van der Waals surface area contributed by atoms with Crippen LogP contribution in [0.5, 0.6) is 5.75 Å². The van der Waals surface area contributed by atoms with Crippen molar-refractivity contribution in [3.8, 4) is 5.75 Å². The summed E-state index contributed by atoms with van der Waals surface area (Å²) < 4.78 is 0. The predicted molar refractivity (Wildman–Crippen MR) is 151 cm³/mol. The molecule has 0 fully saturated rings. The van der Waals surface area contributed by atoms with E-state index in [0.717, 1.165) is 33.9 Å². The summed E-state index contributed by atoms with van der Waals surface area (Å²) >= 11 is 0. The minimum atomic E-state index is -0.775. The lowest BCUT2D eigenvalue weighted by atomic mass is 9.93. The summed E-state index contributed by atoms with van der Waals surface area (Å²) in [6.45, 7) is 4.65. The summed E-state index contributed by atoms with van der Waals surface area (Å²) in [6.07, 6.45) is 0.291. The molecule has 1 amide bonds. The van der Waals surface area contributed by atoms with Gasteiger partial charge in [0, 0.05) is 24.2 Å². The van der Waals surface area contributed by atoms with E-state index in [0.29, 0.717) is 30.6 Å². The fourth-order valence-electron chi connectivity index (χ4n) is 4.74. The van der Waals surface area contributed by atoms with Crippen molar-refractivity contribution in [2.75, 3.05) is 6.54 Å². The highest BCUT2D eigenvalue weighted by Gasteiger charge is 2.20. The van der Waals surface area contributed by atoms with Gasteiger partial charge < -0.3 is 26.0 Å². The number of rotatable bonds is 11. The van der Waals surface area contributed by atoms with Gasteiger partial charge in [-0.25, -0.2) is 0 Å². The van der Waals surface area contributed by atoms with Crippen molar-refractivity contribution < 1.29 is 20.1 Å². The Kier molecular flexibility index (Phi) is 8.79. The Morgan fingerprint density at radius 2 is 1.63 bits per heavy atom. The van der Waals surface area contributed by atoms with Gasteiger partial charge in [-0.2, -0.15) is 0 Å². The van der Waals surface area contributed by atoms with Crippen molar-refractivity contribution in [2.45, 2.75) is 51.5 Å². The predicted octanol–water partition coefficient (Wildman–Crippen LogP) is 4.54. The van der Waals surface area contributed by atoms with Gasteiger partial charge in [0.1, 0.15) is 5.75 Å². The zero-order valence-electron chi connectivity index (χ0n) is 21.9. The fourth-order valence-corrected chi connectivity index (χ4v) is 4.74. The number of aromatic hydroxyl groups is 1. The zero-order chi connectivity index (χ0) is 27.1. The third-order valence-electron chi connectivity index (χ3n) is 6.79. The molecule has 38 heavy (non-hydrogen) atoms. The molecule has 0 unspecified atom stereocenters. The highest BCUT2D eigenvalue weighted by molar-refractivity contribution is 5.90. The molecule has 0 aliphatic heterocycles. The fraction of sp³-hybridized carbons (Fsp3) is 0.281. The first-order chi connectivity index (χ1) is 18.2. The minimum absolute atomic E-state index is 0.0127. The summed E-state index contributed by atoms with van der Waals surface area (Å²) in [7, 11) is 0. The highest BCUT2D eigenvalue weighted by Crippen LogP contribution is 2.23. The number of nitrogens with one attached hydrogen (secondary N) is 2. The van der Waals surface area contributed by atoms with E-state index in [1.165, 1.54) is 6.07 Å². The first-order valence-corrected chi connectivity index (χ1v) is 12.9. The van der Waals surface area contributed by atoms with Crippen LogP contribution in [-0.2, 0) is 30.8 Å². The van der Waals surface area contributed by atoms with E-state index in [4.69, 9.17) is 0 Å². The molecule has 6 nitrogen and oxygen atoms in total. The number of amides is 1. The van der Waals surface area contributed by atoms with Gasteiger partial charge in [-0.3, -0.25) is 4.79 Å². The first-order valence-electron chi connectivity index (χ1n) is 12.9. The molecule has 0 heterocycles. The third kappa shape index (κ3) is 7.19. The van der Waals surface area contributed by atoms with Crippen LogP contribution < -0.4 is 10.6 Å². The van der Waals surface area contributed by atoms with E-state index in [2.05, 4.69) is 48.7 Å². The molecule has 4 aromatic rings. The number of carbonyl (C=O) groups is 1. The molecule has 4 rings (SSSR count). The largest absolute Gasteiger partial charge is 0.508 e. The van der Waals surface area contributed by atoms with Gasteiger partial charge in [-0.1, -0.05) is 72.8 Å². The van der Waals surface area contributed by atoms with Crippen LogP contribution in [0.2, 0.25) is 0 Å². The Balaban J connectivity index is 1.31. The summed E-state index contributed by atoms with van der Waals surface area (Å²) in [6, 6.07) is 27.1. The van der Waals surface area contributed by atoms with E-state index in [1.807, 2.05) is 42.5 Å². The maximum Gasteiger partial charge on any atom is 0.224 e. The Morgan fingerprint density at radius 3 is 2.45 bits per heavy atom. The standard InChI is InChI=1S/C32H36N2O4/c1-32(2,34-20-30(37)26-13-14-29(36)27(16-26)21-35)18-22-7-5-8-23(15-22)19-33-31(38)17-25-11-6-10-24-9-3-4-12-28(24)25/h3-16,30,34-37H,17-21H2,1-2H3,(H,33,38)/t30-/m1/s1. The monoisotopic (exact) mass is 512 g/mol. The number of aliphatic hydroxyl groups is 2.